The number of amides is 2. The van der Waals surface area contributed by atoms with E-state index in [9.17, 15) is 9.59 Å². The first-order valence-corrected chi connectivity index (χ1v) is 7.70. The number of hydrogen-bond acceptors (Lipinski definition) is 5. The molecule has 0 radical (unpaired) electrons. The second-order valence-corrected chi connectivity index (χ2v) is 6.04. The molecule has 1 N–H and O–H groups in total. The summed E-state index contributed by atoms with van der Waals surface area (Å²) in [4.78, 5) is 26.2. The van der Waals surface area contributed by atoms with Crippen LogP contribution in [0.3, 0.4) is 0 Å². The topological polar surface area (TPSA) is 93.3 Å². The predicted molar refractivity (Wildman–Crippen MR) is 79.9 cm³/mol. The van der Waals surface area contributed by atoms with Gasteiger partial charge in [-0.1, -0.05) is 5.16 Å². The number of anilines is 1. The monoisotopic (exact) mass is 315 g/mol. The molecule has 23 heavy (non-hydrogen) atoms. The average molecular weight is 315 g/mol. The highest BCUT2D eigenvalue weighted by molar-refractivity contribution is 6.02. The molecule has 0 spiro atoms. The van der Waals surface area contributed by atoms with Crippen LogP contribution in [-0.2, 0) is 11.8 Å². The summed E-state index contributed by atoms with van der Waals surface area (Å²) in [6.07, 6.45) is 4.49. The molecule has 2 fully saturated rings. The number of carbonyl (C=O) groups excluding carboxylic acids is 2. The summed E-state index contributed by atoms with van der Waals surface area (Å²) in [6.45, 7) is 0.535. The standard InChI is InChI=1S/C15H17N5O3/c1-19-6-5-13(17-19)20-7-4-10(15(20)22)16-14(21)11-8-12(23-18-11)9-2-3-9/h5-6,8-10H,2-4,7H2,1H3,(H,16,21). The van der Waals surface area contributed by atoms with Crippen LogP contribution in [0.4, 0.5) is 5.82 Å². The number of hydrogen-bond donors (Lipinski definition) is 1. The van der Waals surface area contributed by atoms with Crippen LogP contribution < -0.4 is 10.2 Å². The minimum atomic E-state index is -0.550. The third-order valence-electron chi connectivity index (χ3n) is 4.23. The van der Waals surface area contributed by atoms with Crippen molar-refractivity contribution in [2.75, 3.05) is 11.4 Å². The Kier molecular flexibility index (Phi) is 3.17. The summed E-state index contributed by atoms with van der Waals surface area (Å²) in [7, 11) is 1.80. The third-order valence-corrected chi connectivity index (χ3v) is 4.23. The van der Waals surface area contributed by atoms with Crippen LogP contribution in [0.15, 0.2) is 22.9 Å². The van der Waals surface area contributed by atoms with Gasteiger partial charge in [0.2, 0.25) is 0 Å². The Labute approximate surface area is 132 Å². The Morgan fingerprint density at radius 3 is 2.91 bits per heavy atom. The lowest BCUT2D eigenvalue weighted by atomic mass is 10.2. The molecule has 0 aromatic carbocycles. The van der Waals surface area contributed by atoms with Crippen LogP contribution in [0.25, 0.3) is 0 Å². The third kappa shape index (κ3) is 2.60. The molecular formula is C15H17N5O3. The maximum atomic E-state index is 12.4. The van der Waals surface area contributed by atoms with E-state index in [1.165, 1.54) is 0 Å². The fourth-order valence-corrected chi connectivity index (χ4v) is 2.78. The van der Waals surface area contributed by atoms with E-state index < -0.39 is 6.04 Å². The SMILES string of the molecule is Cn1ccc(N2CCC(NC(=O)c3cc(C4CC4)on3)C2=O)n1. The minimum Gasteiger partial charge on any atom is -0.360 e. The Balaban J connectivity index is 1.42. The molecule has 3 heterocycles. The molecule has 4 rings (SSSR count). The van der Waals surface area contributed by atoms with Crippen molar-refractivity contribution in [3.63, 3.8) is 0 Å². The minimum absolute atomic E-state index is 0.150. The molecule has 1 unspecified atom stereocenters. The number of rotatable bonds is 4. The molecule has 8 heteroatoms. The van der Waals surface area contributed by atoms with Crippen LogP contribution in [-0.4, -0.2) is 39.3 Å². The molecule has 120 valence electrons. The Morgan fingerprint density at radius 2 is 2.22 bits per heavy atom. The first-order valence-electron chi connectivity index (χ1n) is 7.70. The second-order valence-electron chi connectivity index (χ2n) is 6.04. The molecule has 1 aliphatic heterocycles. The van der Waals surface area contributed by atoms with Crippen LogP contribution in [0.1, 0.15) is 41.4 Å². The van der Waals surface area contributed by atoms with E-state index in [-0.39, 0.29) is 17.5 Å². The van der Waals surface area contributed by atoms with Gasteiger partial charge in [-0.3, -0.25) is 19.2 Å². The highest BCUT2D eigenvalue weighted by Crippen LogP contribution is 2.40. The molecule has 2 aliphatic rings. The second kappa shape index (κ2) is 5.22. The number of carbonyl (C=O) groups is 2. The van der Waals surface area contributed by atoms with Crippen LogP contribution in [0, 0.1) is 0 Å². The summed E-state index contributed by atoms with van der Waals surface area (Å²) >= 11 is 0. The molecular weight excluding hydrogens is 298 g/mol. The fraction of sp³-hybridized carbons (Fsp3) is 0.467. The number of nitrogens with zero attached hydrogens (tertiary/aromatic N) is 4. The van der Waals surface area contributed by atoms with Gasteiger partial charge in [-0.2, -0.15) is 5.10 Å². The lowest BCUT2D eigenvalue weighted by molar-refractivity contribution is -0.118. The molecule has 0 bridgehead atoms. The fourth-order valence-electron chi connectivity index (χ4n) is 2.78. The molecule has 2 amide bonds. The van der Waals surface area contributed by atoms with E-state index >= 15 is 0 Å². The van der Waals surface area contributed by atoms with E-state index in [0.29, 0.717) is 24.7 Å². The van der Waals surface area contributed by atoms with Gasteiger partial charge < -0.3 is 9.84 Å². The lowest BCUT2D eigenvalue weighted by Crippen LogP contribution is -2.41. The Hall–Kier alpha value is -2.64. The van der Waals surface area contributed by atoms with E-state index in [0.717, 1.165) is 18.6 Å². The molecule has 1 atom stereocenters. The van der Waals surface area contributed by atoms with Gasteiger partial charge in [0.15, 0.2) is 11.5 Å². The van der Waals surface area contributed by atoms with Gasteiger partial charge in [-0.15, -0.1) is 0 Å². The van der Waals surface area contributed by atoms with E-state index in [1.807, 2.05) is 0 Å². The van der Waals surface area contributed by atoms with Crippen molar-refractivity contribution in [2.24, 2.45) is 7.05 Å². The van der Waals surface area contributed by atoms with E-state index in [4.69, 9.17) is 4.52 Å². The zero-order valence-electron chi connectivity index (χ0n) is 12.7. The Bertz CT molecular complexity index is 761. The molecule has 8 nitrogen and oxygen atoms in total. The summed E-state index contributed by atoms with van der Waals surface area (Å²) < 4.78 is 6.82. The van der Waals surface area contributed by atoms with Gasteiger partial charge in [0.25, 0.3) is 11.8 Å². The maximum absolute atomic E-state index is 12.4. The van der Waals surface area contributed by atoms with Gasteiger partial charge in [-0.25, -0.2) is 0 Å². The van der Waals surface area contributed by atoms with E-state index in [2.05, 4.69) is 15.6 Å². The summed E-state index contributed by atoms with van der Waals surface area (Å²) in [5, 5.41) is 10.8. The zero-order chi connectivity index (χ0) is 16.0. The normalized spacial score (nSPS) is 21.0. The summed E-state index contributed by atoms with van der Waals surface area (Å²) in [5.41, 5.74) is 0.232. The largest absolute Gasteiger partial charge is 0.360 e. The van der Waals surface area contributed by atoms with Crippen molar-refractivity contribution < 1.29 is 14.1 Å². The van der Waals surface area contributed by atoms with Gasteiger partial charge in [-0.05, 0) is 19.3 Å². The van der Waals surface area contributed by atoms with Gasteiger partial charge in [0.1, 0.15) is 11.8 Å². The molecule has 1 saturated carbocycles. The number of nitrogens with one attached hydrogen (secondary N) is 1. The first kappa shape index (κ1) is 14.0. The van der Waals surface area contributed by atoms with E-state index in [1.54, 1.807) is 35.0 Å². The van der Waals surface area contributed by atoms with Gasteiger partial charge in [0.05, 0.1) is 0 Å². The molecule has 1 aliphatic carbocycles. The summed E-state index contributed by atoms with van der Waals surface area (Å²) in [5.74, 6) is 1.23. The maximum Gasteiger partial charge on any atom is 0.274 e. The Morgan fingerprint density at radius 1 is 1.39 bits per heavy atom. The van der Waals surface area contributed by atoms with Crippen molar-refractivity contribution in [2.45, 2.75) is 31.2 Å². The molecule has 1 saturated heterocycles. The molecule has 2 aromatic rings. The number of aromatic nitrogens is 3. The predicted octanol–water partition coefficient (Wildman–Crippen LogP) is 0.821. The smallest absolute Gasteiger partial charge is 0.274 e. The van der Waals surface area contributed by atoms with Crippen LogP contribution in [0.2, 0.25) is 0 Å². The zero-order valence-corrected chi connectivity index (χ0v) is 12.7. The quantitative estimate of drug-likeness (QED) is 0.901. The first-order chi connectivity index (χ1) is 11.1. The van der Waals surface area contributed by atoms with Crippen molar-refractivity contribution in [3.8, 4) is 0 Å². The average Bonchev–Trinajstić information content (AvgIpc) is 2.94. The lowest BCUT2D eigenvalue weighted by Gasteiger charge is -2.13. The van der Waals surface area contributed by atoms with Crippen LogP contribution >= 0.6 is 0 Å². The van der Waals surface area contributed by atoms with Crippen molar-refractivity contribution >= 4 is 17.6 Å². The van der Waals surface area contributed by atoms with Crippen molar-refractivity contribution in [3.05, 3.63) is 29.8 Å². The summed E-state index contributed by atoms with van der Waals surface area (Å²) in [6, 6.07) is 2.90. The van der Waals surface area contributed by atoms with Gasteiger partial charge in [0, 0.05) is 37.8 Å². The number of aryl methyl sites for hydroxylation is 1. The highest BCUT2D eigenvalue weighted by Gasteiger charge is 2.35. The van der Waals surface area contributed by atoms with Crippen molar-refractivity contribution in [1.29, 1.82) is 0 Å². The van der Waals surface area contributed by atoms with Crippen molar-refractivity contribution in [1.82, 2.24) is 20.3 Å². The highest BCUT2D eigenvalue weighted by atomic mass is 16.5. The molecule has 2 aromatic heterocycles. The van der Waals surface area contributed by atoms with Crippen LogP contribution in [0.5, 0.6) is 0 Å². The van der Waals surface area contributed by atoms with Gasteiger partial charge >= 0.3 is 0 Å².